The number of likely N-dealkylation sites (tertiary alicyclic amines) is 1. The van der Waals surface area contributed by atoms with Crippen molar-refractivity contribution in [2.24, 2.45) is 17.1 Å². The molecule has 1 aliphatic heterocycles. The molecule has 2 heteroatoms. The van der Waals surface area contributed by atoms with Gasteiger partial charge in [0.25, 0.3) is 0 Å². The highest BCUT2D eigenvalue weighted by Crippen LogP contribution is 2.29. The third-order valence-electron chi connectivity index (χ3n) is 2.65. The molecule has 0 saturated carbocycles. The van der Waals surface area contributed by atoms with E-state index < -0.39 is 0 Å². The Balaban J connectivity index is 2.42. The maximum absolute atomic E-state index is 5.99. The van der Waals surface area contributed by atoms with Crippen molar-refractivity contribution in [3.05, 3.63) is 0 Å². The molecule has 1 heterocycles. The van der Waals surface area contributed by atoms with Crippen LogP contribution in [0, 0.1) is 11.3 Å². The van der Waals surface area contributed by atoms with Crippen LogP contribution in [0.4, 0.5) is 0 Å². The Bertz CT molecular complexity index is 150. The molecule has 0 spiro atoms. The van der Waals surface area contributed by atoms with E-state index in [-0.39, 0.29) is 0 Å². The Labute approximate surface area is 82.5 Å². The van der Waals surface area contributed by atoms with Crippen molar-refractivity contribution in [3.63, 3.8) is 0 Å². The van der Waals surface area contributed by atoms with Crippen molar-refractivity contribution in [3.8, 4) is 0 Å². The Morgan fingerprint density at radius 2 is 1.92 bits per heavy atom. The van der Waals surface area contributed by atoms with Crippen LogP contribution < -0.4 is 5.73 Å². The molecular weight excluding hydrogens is 160 g/mol. The highest BCUT2D eigenvalue weighted by atomic mass is 15.1. The van der Waals surface area contributed by atoms with Crippen molar-refractivity contribution in [2.45, 2.75) is 39.7 Å². The van der Waals surface area contributed by atoms with E-state index in [1.54, 1.807) is 0 Å². The zero-order chi connectivity index (χ0) is 10.1. The summed E-state index contributed by atoms with van der Waals surface area (Å²) < 4.78 is 0. The minimum atomic E-state index is 0.395. The molecule has 0 aromatic heterocycles. The van der Waals surface area contributed by atoms with Crippen molar-refractivity contribution in [1.29, 1.82) is 0 Å². The molecule has 0 bridgehead atoms. The van der Waals surface area contributed by atoms with Crippen LogP contribution in [0.2, 0.25) is 0 Å². The van der Waals surface area contributed by atoms with Gasteiger partial charge in [0.1, 0.15) is 0 Å². The second kappa shape index (κ2) is 3.97. The Hall–Kier alpha value is -0.0800. The SMILES string of the molecule is CN1CC(N)CC(CC(C)(C)C)C1. The van der Waals surface area contributed by atoms with Crippen LogP contribution in [0.1, 0.15) is 33.6 Å². The summed E-state index contributed by atoms with van der Waals surface area (Å²) in [6.45, 7) is 9.24. The van der Waals surface area contributed by atoms with Crippen molar-refractivity contribution in [1.82, 2.24) is 4.90 Å². The number of nitrogens with zero attached hydrogens (tertiary/aromatic N) is 1. The molecule has 78 valence electrons. The maximum atomic E-state index is 5.99. The predicted octanol–water partition coefficient (Wildman–Crippen LogP) is 1.70. The van der Waals surface area contributed by atoms with Gasteiger partial charge in [-0.3, -0.25) is 0 Å². The van der Waals surface area contributed by atoms with Crippen LogP contribution in [0.3, 0.4) is 0 Å². The molecule has 0 radical (unpaired) electrons. The van der Waals surface area contributed by atoms with E-state index in [0.717, 1.165) is 12.5 Å². The summed E-state index contributed by atoms with van der Waals surface area (Å²) in [6, 6.07) is 0.395. The molecule has 0 aromatic carbocycles. The number of likely N-dealkylation sites (N-methyl/N-ethyl adjacent to an activating group) is 1. The quantitative estimate of drug-likeness (QED) is 0.672. The molecule has 13 heavy (non-hydrogen) atoms. The fourth-order valence-electron chi connectivity index (χ4n) is 2.51. The maximum Gasteiger partial charge on any atom is 0.0170 e. The first-order chi connectivity index (χ1) is 5.87. The van der Waals surface area contributed by atoms with Gasteiger partial charge in [-0.2, -0.15) is 0 Å². The summed E-state index contributed by atoms with van der Waals surface area (Å²) in [5.41, 5.74) is 6.44. The third-order valence-corrected chi connectivity index (χ3v) is 2.65. The average molecular weight is 184 g/mol. The van der Waals surface area contributed by atoms with Crippen LogP contribution >= 0.6 is 0 Å². The first-order valence-corrected chi connectivity index (χ1v) is 5.31. The van der Waals surface area contributed by atoms with Gasteiger partial charge in [-0.1, -0.05) is 20.8 Å². The fraction of sp³-hybridized carbons (Fsp3) is 1.00. The van der Waals surface area contributed by atoms with Gasteiger partial charge in [-0.25, -0.2) is 0 Å². The van der Waals surface area contributed by atoms with Gasteiger partial charge in [0.2, 0.25) is 0 Å². The van der Waals surface area contributed by atoms with E-state index in [1.807, 2.05) is 0 Å². The van der Waals surface area contributed by atoms with Crippen LogP contribution in [-0.2, 0) is 0 Å². The highest BCUT2D eigenvalue weighted by molar-refractivity contribution is 4.82. The zero-order valence-electron chi connectivity index (χ0n) is 9.51. The van der Waals surface area contributed by atoms with E-state index in [4.69, 9.17) is 5.73 Å². The number of hydrogen-bond donors (Lipinski definition) is 1. The predicted molar refractivity (Wildman–Crippen MR) is 57.7 cm³/mol. The number of nitrogens with two attached hydrogens (primary N) is 1. The van der Waals surface area contributed by atoms with Gasteiger partial charge in [-0.05, 0) is 31.2 Å². The molecule has 0 aliphatic carbocycles. The summed E-state index contributed by atoms with van der Waals surface area (Å²) >= 11 is 0. The van der Waals surface area contributed by atoms with Crippen LogP contribution in [0.15, 0.2) is 0 Å². The Kier molecular flexibility index (Phi) is 3.36. The van der Waals surface area contributed by atoms with Gasteiger partial charge in [0.05, 0.1) is 0 Å². The monoisotopic (exact) mass is 184 g/mol. The van der Waals surface area contributed by atoms with Gasteiger partial charge in [-0.15, -0.1) is 0 Å². The first kappa shape index (κ1) is 11.0. The second-order valence-electron chi connectivity index (χ2n) is 5.85. The van der Waals surface area contributed by atoms with E-state index in [2.05, 4.69) is 32.7 Å². The molecule has 0 amide bonds. The number of hydrogen-bond acceptors (Lipinski definition) is 2. The molecule has 2 N–H and O–H groups in total. The standard InChI is InChI=1S/C11H24N2/c1-11(2,3)6-9-5-10(12)8-13(4)7-9/h9-10H,5-8,12H2,1-4H3. The minimum absolute atomic E-state index is 0.395. The topological polar surface area (TPSA) is 29.3 Å². The first-order valence-electron chi connectivity index (χ1n) is 5.31. The lowest BCUT2D eigenvalue weighted by Gasteiger charge is -2.36. The molecule has 1 fully saturated rings. The molecule has 1 rings (SSSR count). The molecule has 1 saturated heterocycles. The molecule has 2 nitrogen and oxygen atoms in total. The van der Waals surface area contributed by atoms with E-state index in [1.165, 1.54) is 19.4 Å². The Morgan fingerprint density at radius 3 is 2.38 bits per heavy atom. The lowest BCUT2D eigenvalue weighted by Crippen LogP contribution is -2.45. The van der Waals surface area contributed by atoms with E-state index in [9.17, 15) is 0 Å². The largest absolute Gasteiger partial charge is 0.327 e. The van der Waals surface area contributed by atoms with Crippen molar-refractivity contribution in [2.75, 3.05) is 20.1 Å². The average Bonchev–Trinajstić information content (AvgIpc) is 1.78. The molecular formula is C11H24N2. The van der Waals surface area contributed by atoms with Crippen molar-refractivity contribution < 1.29 is 0 Å². The summed E-state index contributed by atoms with van der Waals surface area (Å²) in [5, 5.41) is 0. The molecule has 2 unspecified atom stereocenters. The summed E-state index contributed by atoms with van der Waals surface area (Å²) in [4.78, 5) is 2.37. The molecule has 2 atom stereocenters. The van der Waals surface area contributed by atoms with Crippen LogP contribution in [0.25, 0.3) is 0 Å². The summed E-state index contributed by atoms with van der Waals surface area (Å²) in [7, 11) is 2.18. The molecule has 0 aromatic rings. The van der Waals surface area contributed by atoms with E-state index >= 15 is 0 Å². The van der Waals surface area contributed by atoms with Gasteiger partial charge in [0.15, 0.2) is 0 Å². The minimum Gasteiger partial charge on any atom is -0.327 e. The number of rotatable bonds is 1. The summed E-state index contributed by atoms with van der Waals surface area (Å²) in [5.74, 6) is 0.800. The summed E-state index contributed by atoms with van der Waals surface area (Å²) in [6.07, 6.45) is 2.51. The van der Waals surface area contributed by atoms with Crippen molar-refractivity contribution >= 4 is 0 Å². The number of piperidine rings is 1. The lowest BCUT2D eigenvalue weighted by atomic mass is 9.80. The highest BCUT2D eigenvalue weighted by Gasteiger charge is 2.26. The third kappa shape index (κ3) is 4.10. The van der Waals surface area contributed by atoms with Gasteiger partial charge >= 0.3 is 0 Å². The van der Waals surface area contributed by atoms with Gasteiger partial charge in [0, 0.05) is 19.1 Å². The smallest absolute Gasteiger partial charge is 0.0170 e. The second-order valence-corrected chi connectivity index (χ2v) is 5.85. The zero-order valence-corrected chi connectivity index (χ0v) is 9.51. The normalized spacial score (nSPS) is 32.1. The lowest BCUT2D eigenvalue weighted by molar-refractivity contribution is 0.149. The van der Waals surface area contributed by atoms with Crippen LogP contribution in [0.5, 0.6) is 0 Å². The molecule has 1 aliphatic rings. The van der Waals surface area contributed by atoms with Gasteiger partial charge < -0.3 is 10.6 Å². The van der Waals surface area contributed by atoms with Crippen LogP contribution in [-0.4, -0.2) is 31.1 Å². The van der Waals surface area contributed by atoms with E-state index in [0.29, 0.717) is 11.5 Å². The fourth-order valence-corrected chi connectivity index (χ4v) is 2.51. The Morgan fingerprint density at radius 1 is 1.31 bits per heavy atom.